The number of ether oxygens (including phenoxy) is 5. The van der Waals surface area contributed by atoms with Gasteiger partial charge >= 0.3 is 5.97 Å². The minimum atomic E-state index is -2.42. The molecule has 1 aliphatic carbocycles. The fourth-order valence-corrected chi connectivity index (χ4v) is 10.3. The Hall–Kier alpha value is -3.08. The monoisotopic (exact) mass is 916 g/mol. The second-order valence-corrected chi connectivity index (χ2v) is 19.8. The van der Waals surface area contributed by atoms with Crippen molar-refractivity contribution in [1.82, 2.24) is 4.90 Å². The van der Waals surface area contributed by atoms with Crippen molar-refractivity contribution < 1.29 is 63.3 Å². The van der Waals surface area contributed by atoms with Crippen molar-refractivity contribution in [2.75, 3.05) is 27.9 Å². The van der Waals surface area contributed by atoms with E-state index in [-0.39, 0.29) is 54.9 Å². The summed E-state index contributed by atoms with van der Waals surface area (Å²) in [5.74, 6) is -7.30. The molecule has 2 bridgehead atoms. The average molecular weight is 916 g/mol. The Balaban J connectivity index is 1.70. The Bertz CT molecular complexity index is 1710. The highest BCUT2D eigenvalue weighted by Crippen LogP contribution is 2.38. The molecule has 368 valence electrons. The predicted molar refractivity (Wildman–Crippen MR) is 246 cm³/mol. The van der Waals surface area contributed by atoms with E-state index in [2.05, 4.69) is 0 Å². The van der Waals surface area contributed by atoms with Crippen LogP contribution < -0.4 is 0 Å². The minimum absolute atomic E-state index is 0.0828. The third-order valence-corrected chi connectivity index (χ3v) is 14.7. The number of hydrogen-bond acceptors (Lipinski definition) is 13. The van der Waals surface area contributed by atoms with E-state index in [0.717, 1.165) is 12.0 Å². The predicted octanol–water partition coefficient (Wildman–Crippen LogP) is 5.97. The molecule has 16 atom stereocenters. The summed E-state index contributed by atoms with van der Waals surface area (Å²) in [6.45, 7) is 13.0. The average Bonchev–Trinajstić information content (AvgIpc) is 3.28. The Kier molecular flexibility index (Phi) is 21.3. The summed E-state index contributed by atoms with van der Waals surface area (Å²) < 4.78 is 29.5. The van der Waals surface area contributed by atoms with Gasteiger partial charge in [0.25, 0.3) is 11.7 Å². The van der Waals surface area contributed by atoms with Gasteiger partial charge in [-0.05, 0) is 113 Å². The van der Waals surface area contributed by atoms with Crippen LogP contribution in [0.4, 0.5) is 0 Å². The number of ketones is 2. The lowest BCUT2D eigenvalue weighted by Gasteiger charge is -2.42. The lowest BCUT2D eigenvalue weighted by Crippen LogP contribution is -2.61. The van der Waals surface area contributed by atoms with E-state index in [0.29, 0.717) is 63.4 Å². The smallest absolute Gasteiger partial charge is 0.329 e. The number of hydrogen-bond donors (Lipinski definition) is 4. The van der Waals surface area contributed by atoms with Crippen LogP contribution in [0.5, 0.6) is 0 Å². The number of carbonyl (C=O) groups is 4. The van der Waals surface area contributed by atoms with Crippen molar-refractivity contribution in [3.05, 3.63) is 47.6 Å². The number of methoxy groups -OCH3 is 3. The number of rotatable bonds is 6. The number of amides is 1. The number of Topliss-reactive ketones (excluding diaryl/α,β-unsaturated/α-hetero) is 2. The molecule has 3 fully saturated rings. The van der Waals surface area contributed by atoms with E-state index >= 15 is 0 Å². The number of carbonyl (C=O) groups excluding carboxylic acids is 4. The minimum Gasteiger partial charge on any atom is -0.460 e. The molecule has 4 aliphatic rings. The van der Waals surface area contributed by atoms with Crippen LogP contribution in [0.2, 0.25) is 0 Å². The van der Waals surface area contributed by atoms with Crippen LogP contribution in [0.25, 0.3) is 0 Å². The lowest BCUT2D eigenvalue weighted by atomic mass is 9.78. The molecule has 4 N–H and O–H groups in total. The van der Waals surface area contributed by atoms with Gasteiger partial charge in [-0.1, -0.05) is 71.1 Å². The van der Waals surface area contributed by atoms with Crippen LogP contribution in [0, 0.1) is 35.5 Å². The van der Waals surface area contributed by atoms with Crippen molar-refractivity contribution in [3.63, 3.8) is 0 Å². The first-order valence-corrected chi connectivity index (χ1v) is 24.1. The molecule has 0 spiro atoms. The molecule has 14 nitrogen and oxygen atoms in total. The quantitative estimate of drug-likeness (QED) is 0.180. The molecule has 3 heterocycles. The van der Waals surface area contributed by atoms with E-state index < -0.39 is 84.1 Å². The lowest BCUT2D eigenvalue weighted by molar-refractivity contribution is -0.265. The van der Waals surface area contributed by atoms with E-state index in [1.165, 1.54) is 12.0 Å². The number of esters is 1. The summed E-state index contributed by atoms with van der Waals surface area (Å²) in [6.07, 6.45) is 10.9. The maximum absolute atomic E-state index is 14.4. The second kappa shape index (κ2) is 25.3. The van der Waals surface area contributed by atoms with Gasteiger partial charge in [-0.3, -0.25) is 14.4 Å². The van der Waals surface area contributed by atoms with Gasteiger partial charge in [0.05, 0.1) is 36.6 Å². The van der Waals surface area contributed by atoms with Crippen LogP contribution in [-0.4, -0.2) is 137 Å². The first-order chi connectivity index (χ1) is 30.7. The van der Waals surface area contributed by atoms with Gasteiger partial charge in [0, 0.05) is 52.6 Å². The van der Waals surface area contributed by atoms with Gasteiger partial charge in [0.2, 0.25) is 5.79 Å². The van der Waals surface area contributed by atoms with E-state index in [1.807, 2.05) is 58.1 Å². The highest BCUT2D eigenvalue weighted by atomic mass is 16.6. The SMILES string of the molecule is CO[C@H]1C[C@@H]2CC[C@@H](C)[C@@](O)(O2)C(=O)C(=O)N2CCCCC2C(=O)O[C@H]([C@H](C)C[C@@H]2CC[C@@H](O)[C@H](OC)C2)CC(=O)C(C)=CC(C)[C@@H](O)[C@@H](OC)C(O)[C@H](C)C[C@H](C)C=CC=CC=C1C. The zero-order chi connectivity index (χ0) is 48.2. The number of nitrogens with zero attached hydrogens (tertiary/aromatic N) is 1. The van der Waals surface area contributed by atoms with Gasteiger partial charge in [-0.25, -0.2) is 4.79 Å². The molecular formula is C51H81NO13. The molecule has 65 heavy (non-hydrogen) atoms. The van der Waals surface area contributed by atoms with Crippen molar-refractivity contribution >= 4 is 23.4 Å². The number of aliphatic hydroxyl groups is 4. The maximum Gasteiger partial charge on any atom is 0.329 e. The number of fused-ring (bicyclic) bond motifs is 3. The number of piperidine rings is 1. The zero-order valence-corrected chi connectivity index (χ0v) is 40.7. The van der Waals surface area contributed by atoms with E-state index in [1.54, 1.807) is 41.1 Å². The summed E-state index contributed by atoms with van der Waals surface area (Å²) in [7, 11) is 4.60. The fourth-order valence-electron chi connectivity index (χ4n) is 10.3. The van der Waals surface area contributed by atoms with Crippen LogP contribution >= 0.6 is 0 Å². The molecule has 4 rings (SSSR count). The molecule has 0 aromatic heterocycles. The third kappa shape index (κ3) is 14.5. The summed E-state index contributed by atoms with van der Waals surface area (Å²) in [5.41, 5.74) is 1.23. The number of cyclic esters (lactones) is 1. The van der Waals surface area contributed by atoms with Crippen molar-refractivity contribution in [2.45, 2.75) is 186 Å². The van der Waals surface area contributed by atoms with Crippen molar-refractivity contribution in [2.24, 2.45) is 35.5 Å². The van der Waals surface area contributed by atoms with Gasteiger partial charge < -0.3 is 49.0 Å². The molecule has 3 aliphatic heterocycles. The van der Waals surface area contributed by atoms with Crippen LogP contribution in [-0.2, 0) is 42.9 Å². The van der Waals surface area contributed by atoms with Gasteiger partial charge in [-0.15, -0.1) is 0 Å². The molecule has 1 amide bonds. The molecule has 0 aromatic carbocycles. The van der Waals surface area contributed by atoms with Crippen LogP contribution in [0.3, 0.4) is 0 Å². The van der Waals surface area contributed by atoms with Crippen molar-refractivity contribution in [1.29, 1.82) is 0 Å². The Morgan fingerprint density at radius 3 is 2.25 bits per heavy atom. The Morgan fingerprint density at radius 1 is 0.846 bits per heavy atom. The number of aliphatic hydroxyl groups excluding tert-OH is 3. The molecule has 0 aromatic rings. The van der Waals surface area contributed by atoms with E-state index in [9.17, 15) is 39.6 Å². The Morgan fingerprint density at radius 2 is 1.57 bits per heavy atom. The first-order valence-electron chi connectivity index (χ1n) is 24.1. The molecular weight excluding hydrogens is 835 g/mol. The highest BCUT2D eigenvalue weighted by molar-refractivity contribution is 6.39. The third-order valence-electron chi connectivity index (χ3n) is 14.7. The van der Waals surface area contributed by atoms with E-state index in [4.69, 9.17) is 23.7 Å². The fraction of sp³-hybridized carbons (Fsp3) is 0.765. The summed E-state index contributed by atoms with van der Waals surface area (Å²) >= 11 is 0. The zero-order valence-electron chi connectivity index (χ0n) is 40.7. The summed E-state index contributed by atoms with van der Waals surface area (Å²) in [5, 5.41) is 45.4. The van der Waals surface area contributed by atoms with Crippen molar-refractivity contribution in [3.8, 4) is 0 Å². The molecule has 0 radical (unpaired) electrons. The standard InChI is InChI=1S/C51H81NO13/c1-30-16-12-11-13-17-31(2)42(61-8)28-38-21-19-36(7)51(60,65-38)48(57)49(58)52-23-15-14-18-39(52)50(59)64-43(33(4)26-37-20-22-40(53)44(27-37)62-9)29-41(54)32(3)25-35(6)46(56)47(63-10)45(55)34(5)24-30/h11-13,16-17,25,30,33-40,42-47,53,55-56,60H,14-15,18-24,26-29H2,1-10H3/t30-,33-,34-,35?,36-,37+,38+,39?,40-,42+,43+,44-,45?,46-,47+,51-/m1/s1. The van der Waals surface area contributed by atoms with Gasteiger partial charge in [0.1, 0.15) is 18.2 Å². The normalized spacial score (nSPS) is 39.0. The first kappa shape index (κ1) is 54.5. The molecule has 2 saturated heterocycles. The summed E-state index contributed by atoms with van der Waals surface area (Å²) in [4.78, 5) is 58.1. The molecule has 3 unspecified atom stereocenters. The van der Waals surface area contributed by atoms with Gasteiger partial charge in [-0.2, -0.15) is 0 Å². The molecule has 1 saturated carbocycles. The topological polar surface area (TPSA) is 199 Å². The highest BCUT2D eigenvalue weighted by Gasteiger charge is 2.53. The largest absolute Gasteiger partial charge is 0.460 e. The second-order valence-electron chi connectivity index (χ2n) is 19.8. The Labute approximate surface area is 387 Å². The number of allylic oxidation sites excluding steroid dienone is 6. The summed E-state index contributed by atoms with van der Waals surface area (Å²) in [6, 6.07) is -1.13. The molecule has 14 heteroatoms. The van der Waals surface area contributed by atoms with Gasteiger partial charge in [0.15, 0.2) is 5.78 Å². The van der Waals surface area contributed by atoms with Crippen LogP contribution in [0.15, 0.2) is 47.6 Å². The maximum atomic E-state index is 14.4. The van der Waals surface area contributed by atoms with Crippen LogP contribution in [0.1, 0.15) is 126 Å².